The van der Waals surface area contributed by atoms with E-state index in [2.05, 4.69) is 16.9 Å². The lowest BCUT2D eigenvalue weighted by molar-refractivity contribution is 0.475. The van der Waals surface area contributed by atoms with Crippen molar-refractivity contribution in [2.24, 2.45) is 0 Å². The largest absolute Gasteiger partial charge is 0.377 e. The molecular weight excluding hydrogens is 112 g/mol. The van der Waals surface area contributed by atoms with Crippen LogP contribution in [0.3, 0.4) is 0 Å². The first kappa shape index (κ1) is 6.81. The second-order valence-corrected chi connectivity index (χ2v) is 2.37. The topological polar surface area (TPSA) is 12.5 Å². The molecule has 0 saturated carbocycles. The summed E-state index contributed by atoms with van der Waals surface area (Å²) in [6.45, 7) is 2.00. The van der Waals surface area contributed by atoms with Crippen LogP contribution in [0.4, 0.5) is 0 Å². The van der Waals surface area contributed by atoms with Gasteiger partial charge >= 0.3 is 0 Å². The molecule has 1 aliphatic carbocycles. The van der Waals surface area contributed by atoms with Gasteiger partial charge in [-0.25, -0.2) is 0 Å². The molecule has 0 aromatic heterocycles. The van der Waals surface area contributed by atoms with Gasteiger partial charge < -0.3 is 4.74 Å². The van der Waals surface area contributed by atoms with Gasteiger partial charge in [0.15, 0.2) is 0 Å². The maximum atomic E-state index is 4.50. The molecule has 2 aliphatic rings. The highest BCUT2D eigenvalue weighted by atomic mass is 16.6. The molecule has 0 atom stereocenters. The highest BCUT2D eigenvalue weighted by Gasteiger charge is 1.94. The fourth-order valence-corrected chi connectivity index (χ4v) is 0.760. The van der Waals surface area contributed by atoms with Gasteiger partial charge in [0.1, 0.15) is 0 Å². The third-order valence-corrected chi connectivity index (χ3v) is 1.36. The van der Waals surface area contributed by atoms with Gasteiger partial charge in [0, 0.05) is 0 Å². The van der Waals surface area contributed by atoms with Crippen molar-refractivity contribution < 1.29 is 4.74 Å². The van der Waals surface area contributed by atoms with Crippen LogP contribution in [-0.4, -0.2) is 13.2 Å². The molecule has 0 unspecified atom stereocenters. The van der Waals surface area contributed by atoms with E-state index in [4.69, 9.17) is 0 Å². The predicted molar refractivity (Wildman–Crippen MR) is 38.4 cm³/mol. The van der Waals surface area contributed by atoms with E-state index in [9.17, 15) is 0 Å². The molecule has 0 aromatic rings. The van der Waals surface area contributed by atoms with Crippen LogP contribution in [0.1, 0.15) is 25.7 Å². The van der Waals surface area contributed by atoms with Crippen LogP contribution in [-0.2, 0) is 4.74 Å². The highest BCUT2D eigenvalue weighted by Crippen LogP contribution is 2.07. The van der Waals surface area contributed by atoms with E-state index in [1.54, 1.807) is 0 Å². The van der Waals surface area contributed by atoms with Crippen molar-refractivity contribution in [2.75, 3.05) is 13.2 Å². The summed E-state index contributed by atoms with van der Waals surface area (Å²) in [5.41, 5.74) is 0. The Balaban J connectivity index is 0.000000112. The third kappa shape index (κ3) is 5.57. The minimum absolute atomic E-state index is 1.00. The molecule has 0 amide bonds. The minimum Gasteiger partial charge on any atom is -0.377 e. The average molecular weight is 126 g/mol. The van der Waals surface area contributed by atoms with Crippen LogP contribution in [0.2, 0.25) is 0 Å². The predicted octanol–water partition coefficient (Wildman–Crippen LogP) is 2.13. The molecule has 2 rings (SSSR count). The summed E-state index contributed by atoms with van der Waals surface area (Å²) in [4.78, 5) is 0. The van der Waals surface area contributed by atoms with E-state index < -0.39 is 0 Å². The molecule has 9 heavy (non-hydrogen) atoms. The van der Waals surface area contributed by atoms with Crippen molar-refractivity contribution in [3.63, 3.8) is 0 Å². The maximum absolute atomic E-state index is 4.50. The standard InChI is InChI=1S/C6H10.C2H4O/c1-2-4-6-5-3-1;1-2-3-1/h1-2H,3-6H2;1-2H2. The smallest absolute Gasteiger partial charge is 0.0701 e. The van der Waals surface area contributed by atoms with Crippen LogP contribution in [0, 0.1) is 0 Å². The number of allylic oxidation sites excluding steroid dienone is 2. The molecule has 0 spiro atoms. The van der Waals surface area contributed by atoms with Crippen LogP contribution in [0.5, 0.6) is 0 Å². The Labute approximate surface area is 56.7 Å². The Morgan fingerprint density at radius 2 is 1.33 bits per heavy atom. The Kier molecular flexibility index (Phi) is 3.46. The number of hydrogen-bond donors (Lipinski definition) is 0. The molecule has 0 N–H and O–H groups in total. The van der Waals surface area contributed by atoms with E-state index >= 15 is 0 Å². The van der Waals surface area contributed by atoms with Gasteiger partial charge in [-0.15, -0.1) is 0 Å². The summed E-state index contributed by atoms with van der Waals surface area (Å²) < 4.78 is 4.50. The lowest BCUT2D eigenvalue weighted by atomic mass is 10.1. The fraction of sp³-hybridized carbons (Fsp3) is 0.750. The summed E-state index contributed by atoms with van der Waals surface area (Å²) in [6, 6.07) is 0. The minimum atomic E-state index is 1.00. The lowest BCUT2D eigenvalue weighted by Crippen LogP contribution is -1.77. The fourth-order valence-electron chi connectivity index (χ4n) is 0.760. The van der Waals surface area contributed by atoms with E-state index in [1.165, 1.54) is 25.7 Å². The summed E-state index contributed by atoms with van der Waals surface area (Å²) in [5.74, 6) is 0. The Morgan fingerprint density at radius 1 is 0.889 bits per heavy atom. The Bertz CT molecular complexity index is 73.8. The highest BCUT2D eigenvalue weighted by molar-refractivity contribution is 4.85. The van der Waals surface area contributed by atoms with Gasteiger partial charge in [-0.05, 0) is 25.7 Å². The zero-order valence-electron chi connectivity index (χ0n) is 5.81. The molecule has 1 saturated heterocycles. The second kappa shape index (κ2) is 4.57. The summed E-state index contributed by atoms with van der Waals surface area (Å²) in [5, 5.41) is 0. The van der Waals surface area contributed by atoms with Crippen LogP contribution in [0.25, 0.3) is 0 Å². The average Bonchev–Trinajstić information content (AvgIpc) is 2.76. The van der Waals surface area contributed by atoms with Crippen molar-refractivity contribution in [1.29, 1.82) is 0 Å². The zero-order chi connectivity index (χ0) is 6.36. The van der Waals surface area contributed by atoms with E-state index in [0.29, 0.717) is 0 Å². The van der Waals surface area contributed by atoms with Crippen molar-refractivity contribution in [1.82, 2.24) is 0 Å². The van der Waals surface area contributed by atoms with E-state index in [1.807, 2.05) is 0 Å². The molecule has 52 valence electrons. The van der Waals surface area contributed by atoms with Crippen molar-refractivity contribution in [3.8, 4) is 0 Å². The molecule has 0 radical (unpaired) electrons. The van der Waals surface area contributed by atoms with Crippen molar-refractivity contribution in [2.45, 2.75) is 25.7 Å². The van der Waals surface area contributed by atoms with Gasteiger partial charge in [-0.1, -0.05) is 12.2 Å². The first-order chi connectivity index (χ1) is 4.50. The van der Waals surface area contributed by atoms with Crippen molar-refractivity contribution in [3.05, 3.63) is 12.2 Å². The molecular formula is C8H14O. The summed E-state index contributed by atoms with van der Waals surface area (Å²) >= 11 is 0. The van der Waals surface area contributed by atoms with Gasteiger partial charge in [-0.2, -0.15) is 0 Å². The number of ether oxygens (including phenoxy) is 1. The van der Waals surface area contributed by atoms with E-state index in [-0.39, 0.29) is 0 Å². The first-order valence-corrected chi connectivity index (χ1v) is 3.73. The molecule has 0 bridgehead atoms. The lowest BCUT2D eigenvalue weighted by Gasteiger charge is -1.97. The van der Waals surface area contributed by atoms with Gasteiger partial charge in [0.25, 0.3) is 0 Å². The van der Waals surface area contributed by atoms with Crippen LogP contribution < -0.4 is 0 Å². The SMILES string of the molecule is C1=CCCCC1.C1CO1. The van der Waals surface area contributed by atoms with Gasteiger partial charge in [-0.3, -0.25) is 0 Å². The van der Waals surface area contributed by atoms with Crippen LogP contribution >= 0.6 is 0 Å². The summed E-state index contributed by atoms with van der Waals surface area (Å²) in [7, 11) is 0. The Morgan fingerprint density at radius 3 is 1.44 bits per heavy atom. The molecule has 0 aromatic carbocycles. The van der Waals surface area contributed by atoms with Gasteiger partial charge in [0.2, 0.25) is 0 Å². The normalized spacial score (nSPS) is 22.2. The number of rotatable bonds is 0. The van der Waals surface area contributed by atoms with Crippen LogP contribution in [0.15, 0.2) is 12.2 Å². The quantitative estimate of drug-likeness (QED) is 0.358. The second-order valence-electron chi connectivity index (χ2n) is 2.37. The molecule has 1 fully saturated rings. The number of hydrogen-bond acceptors (Lipinski definition) is 1. The molecule has 1 heterocycles. The third-order valence-electron chi connectivity index (χ3n) is 1.36. The summed E-state index contributed by atoms with van der Waals surface area (Å²) in [6.07, 6.45) is 10.0. The molecule has 1 aliphatic heterocycles. The molecule has 1 nitrogen and oxygen atoms in total. The Hall–Kier alpha value is -0.300. The molecule has 1 heteroatoms. The monoisotopic (exact) mass is 126 g/mol. The zero-order valence-corrected chi connectivity index (χ0v) is 5.81. The van der Waals surface area contributed by atoms with E-state index in [0.717, 1.165) is 13.2 Å². The maximum Gasteiger partial charge on any atom is 0.0701 e. The first-order valence-electron chi connectivity index (χ1n) is 3.73. The van der Waals surface area contributed by atoms with Crippen molar-refractivity contribution >= 4 is 0 Å². The van der Waals surface area contributed by atoms with Gasteiger partial charge in [0.05, 0.1) is 13.2 Å². The number of epoxide rings is 1.